The van der Waals surface area contributed by atoms with Crippen molar-refractivity contribution in [3.8, 4) is 5.75 Å². The third kappa shape index (κ3) is 5.82. The van der Waals surface area contributed by atoms with Crippen molar-refractivity contribution in [2.75, 3.05) is 13.7 Å². The Balaban J connectivity index is 1.93. The van der Waals surface area contributed by atoms with Crippen LogP contribution < -0.4 is 10.1 Å². The van der Waals surface area contributed by atoms with Gasteiger partial charge in [0.15, 0.2) is 0 Å². The SMILES string of the molecule is CCN(Cc1cccc(C)c1)C(=O)NC(C)Cc1cccc(OC)c1. The van der Waals surface area contributed by atoms with E-state index in [2.05, 4.69) is 36.5 Å². The molecular formula is C21H28N2O2. The topological polar surface area (TPSA) is 41.6 Å². The van der Waals surface area contributed by atoms with Crippen molar-refractivity contribution in [3.05, 3.63) is 65.2 Å². The first-order valence-corrected chi connectivity index (χ1v) is 8.75. The highest BCUT2D eigenvalue weighted by molar-refractivity contribution is 5.74. The molecule has 0 heterocycles. The highest BCUT2D eigenvalue weighted by Crippen LogP contribution is 2.14. The van der Waals surface area contributed by atoms with E-state index in [0.29, 0.717) is 13.1 Å². The van der Waals surface area contributed by atoms with Crippen molar-refractivity contribution in [1.82, 2.24) is 10.2 Å². The molecule has 134 valence electrons. The van der Waals surface area contributed by atoms with Gasteiger partial charge in [-0.2, -0.15) is 0 Å². The number of nitrogens with zero attached hydrogens (tertiary/aromatic N) is 1. The number of benzene rings is 2. The zero-order valence-corrected chi connectivity index (χ0v) is 15.6. The van der Waals surface area contributed by atoms with Crippen LogP contribution in [0.15, 0.2) is 48.5 Å². The molecule has 1 unspecified atom stereocenters. The van der Waals surface area contributed by atoms with E-state index in [4.69, 9.17) is 4.74 Å². The molecule has 4 nitrogen and oxygen atoms in total. The van der Waals surface area contributed by atoms with Gasteiger partial charge in [0.25, 0.3) is 0 Å². The van der Waals surface area contributed by atoms with Crippen LogP contribution in [-0.4, -0.2) is 30.6 Å². The molecule has 0 aliphatic rings. The second kappa shape index (κ2) is 9.11. The van der Waals surface area contributed by atoms with Crippen LogP contribution in [0.2, 0.25) is 0 Å². The van der Waals surface area contributed by atoms with Gasteiger partial charge in [0.1, 0.15) is 5.75 Å². The molecule has 2 amide bonds. The molecule has 0 bridgehead atoms. The monoisotopic (exact) mass is 340 g/mol. The molecule has 4 heteroatoms. The number of hydrogen-bond acceptors (Lipinski definition) is 2. The van der Waals surface area contributed by atoms with Gasteiger partial charge >= 0.3 is 6.03 Å². The summed E-state index contributed by atoms with van der Waals surface area (Å²) in [6, 6.07) is 16.2. The highest BCUT2D eigenvalue weighted by Gasteiger charge is 2.15. The Morgan fingerprint density at radius 2 is 1.88 bits per heavy atom. The fourth-order valence-electron chi connectivity index (χ4n) is 2.86. The molecule has 2 rings (SSSR count). The molecule has 0 aliphatic carbocycles. The fraction of sp³-hybridized carbons (Fsp3) is 0.381. The molecule has 0 radical (unpaired) electrons. The summed E-state index contributed by atoms with van der Waals surface area (Å²) < 4.78 is 5.25. The minimum absolute atomic E-state index is 0.0283. The standard InChI is InChI=1S/C21H28N2O2/c1-5-23(15-19-10-6-8-16(2)12-19)21(24)22-17(3)13-18-9-7-11-20(14-18)25-4/h6-12,14,17H,5,13,15H2,1-4H3,(H,22,24). The third-order valence-corrected chi connectivity index (χ3v) is 4.17. The third-order valence-electron chi connectivity index (χ3n) is 4.17. The Labute approximate surface area is 150 Å². The summed E-state index contributed by atoms with van der Waals surface area (Å²) >= 11 is 0. The van der Waals surface area contributed by atoms with Gasteiger partial charge in [0.05, 0.1) is 7.11 Å². The summed E-state index contributed by atoms with van der Waals surface area (Å²) in [4.78, 5) is 14.4. The molecule has 2 aromatic rings. The van der Waals surface area contributed by atoms with E-state index in [1.54, 1.807) is 7.11 Å². The molecule has 0 saturated carbocycles. The summed E-state index contributed by atoms with van der Waals surface area (Å²) in [6.45, 7) is 7.39. The Morgan fingerprint density at radius 3 is 2.56 bits per heavy atom. The molecule has 1 atom stereocenters. The van der Waals surface area contributed by atoms with Gasteiger partial charge in [-0.05, 0) is 50.5 Å². The minimum Gasteiger partial charge on any atom is -0.497 e. The average molecular weight is 340 g/mol. The van der Waals surface area contributed by atoms with Crippen LogP contribution in [0, 0.1) is 6.92 Å². The van der Waals surface area contributed by atoms with E-state index in [0.717, 1.165) is 23.3 Å². The number of carbonyl (C=O) groups excluding carboxylic acids is 1. The van der Waals surface area contributed by atoms with Crippen molar-refractivity contribution in [3.63, 3.8) is 0 Å². The van der Waals surface area contributed by atoms with Gasteiger partial charge in [0.2, 0.25) is 0 Å². The van der Waals surface area contributed by atoms with Crippen molar-refractivity contribution in [1.29, 1.82) is 0 Å². The van der Waals surface area contributed by atoms with Gasteiger partial charge < -0.3 is 15.0 Å². The first-order chi connectivity index (χ1) is 12.0. The number of carbonyl (C=O) groups is 1. The van der Waals surface area contributed by atoms with Crippen LogP contribution in [-0.2, 0) is 13.0 Å². The molecule has 0 spiro atoms. The number of amides is 2. The Kier molecular flexibility index (Phi) is 6.87. The summed E-state index contributed by atoms with van der Waals surface area (Å²) in [7, 11) is 1.66. The molecule has 0 saturated heterocycles. The molecule has 0 aromatic heterocycles. The molecule has 1 N–H and O–H groups in total. The van der Waals surface area contributed by atoms with Crippen molar-refractivity contribution in [2.24, 2.45) is 0 Å². The summed E-state index contributed by atoms with van der Waals surface area (Å²) in [6.07, 6.45) is 0.769. The van der Waals surface area contributed by atoms with Crippen LogP contribution in [0.25, 0.3) is 0 Å². The molecular weight excluding hydrogens is 312 g/mol. The lowest BCUT2D eigenvalue weighted by molar-refractivity contribution is 0.194. The predicted octanol–water partition coefficient (Wildman–Crippen LogP) is 4.17. The predicted molar refractivity (Wildman–Crippen MR) is 102 cm³/mol. The quantitative estimate of drug-likeness (QED) is 0.822. The van der Waals surface area contributed by atoms with Gasteiger partial charge in [-0.1, -0.05) is 42.0 Å². The summed E-state index contributed by atoms with van der Waals surface area (Å²) in [5.41, 5.74) is 3.51. The van der Waals surface area contributed by atoms with E-state index in [1.165, 1.54) is 5.56 Å². The first-order valence-electron chi connectivity index (χ1n) is 8.75. The van der Waals surface area contributed by atoms with Crippen molar-refractivity contribution in [2.45, 2.75) is 39.8 Å². The van der Waals surface area contributed by atoms with Crippen molar-refractivity contribution < 1.29 is 9.53 Å². The second-order valence-corrected chi connectivity index (χ2v) is 6.41. The maximum absolute atomic E-state index is 12.6. The molecule has 0 aliphatic heterocycles. The number of urea groups is 1. The van der Waals surface area contributed by atoms with Gasteiger partial charge in [-0.15, -0.1) is 0 Å². The van der Waals surface area contributed by atoms with Crippen LogP contribution >= 0.6 is 0 Å². The Bertz CT molecular complexity index is 700. The average Bonchev–Trinajstić information content (AvgIpc) is 2.59. The van der Waals surface area contributed by atoms with E-state index in [1.807, 2.05) is 43.0 Å². The largest absolute Gasteiger partial charge is 0.497 e. The van der Waals surface area contributed by atoms with Gasteiger partial charge in [0, 0.05) is 19.1 Å². The zero-order valence-electron chi connectivity index (χ0n) is 15.6. The first kappa shape index (κ1) is 18.8. The smallest absolute Gasteiger partial charge is 0.317 e. The number of rotatable bonds is 7. The van der Waals surface area contributed by atoms with E-state index in [-0.39, 0.29) is 12.1 Å². The van der Waals surface area contributed by atoms with E-state index >= 15 is 0 Å². The molecule has 2 aromatic carbocycles. The van der Waals surface area contributed by atoms with Crippen LogP contribution in [0.1, 0.15) is 30.5 Å². The van der Waals surface area contributed by atoms with E-state index < -0.39 is 0 Å². The van der Waals surface area contributed by atoms with Gasteiger partial charge in [-0.25, -0.2) is 4.79 Å². The van der Waals surface area contributed by atoms with E-state index in [9.17, 15) is 4.79 Å². The number of aryl methyl sites for hydroxylation is 1. The van der Waals surface area contributed by atoms with Crippen LogP contribution in [0.5, 0.6) is 5.75 Å². The Morgan fingerprint density at radius 1 is 1.16 bits per heavy atom. The number of methoxy groups -OCH3 is 1. The lowest BCUT2D eigenvalue weighted by atomic mass is 10.1. The summed E-state index contributed by atoms with van der Waals surface area (Å²) in [5, 5.41) is 3.10. The lowest BCUT2D eigenvalue weighted by Gasteiger charge is -2.24. The number of ether oxygens (including phenoxy) is 1. The minimum atomic E-state index is -0.0283. The lowest BCUT2D eigenvalue weighted by Crippen LogP contribution is -2.44. The normalized spacial score (nSPS) is 11.7. The maximum atomic E-state index is 12.6. The fourth-order valence-corrected chi connectivity index (χ4v) is 2.86. The molecule has 25 heavy (non-hydrogen) atoms. The zero-order chi connectivity index (χ0) is 18.2. The van der Waals surface area contributed by atoms with Crippen molar-refractivity contribution >= 4 is 6.03 Å². The van der Waals surface area contributed by atoms with Crippen LogP contribution in [0.3, 0.4) is 0 Å². The summed E-state index contributed by atoms with van der Waals surface area (Å²) in [5.74, 6) is 0.839. The number of nitrogens with one attached hydrogen (secondary N) is 1. The molecule has 0 fully saturated rings. The van der Waals surface area contributed by atoms with Gasteiger partial charge in [-0.3, -0.25) is 0 Å². The van der Waals surface area contributed by atoms with Crippen LogP contribution in [0.4, 0.5) is 4.79 Å². The maximum Gasteiger partial charge on any atom is 0.317 e. The number of hydrogen-bond donors (Lipinski definition) is 1. The Hall–Kier alpha value is -2.49. The second-order valence-electron chi connectivity index (χ2n) is 6.41. The highest BCUT2D eigenvalue weighted by atomic mass is 16.5.